The van der Waals surface area contributed by atoms with Crippen LogP contribution in [-0.2, 0) is 21.9 Å². The second-order valence-corrected chi connectivity index (χ2v) is 14.2. The number of methoxy groups -OCH3 is 1. The molecule has 0 spiro atoms. The number of primary amides is 1. The number of aromatic nitrogens is 4. The number of benzene rings is 4. The van der Waals surface area contributed by atoms with Crippen molar-refractivity contribution < 1.29 is 50.3 Å². The topological polar surface area (TPSA) is 187 Å². The number of rotatable bonds is 8. The first-order valence-corrected chi connectivity index (χ1v) is 23.5. The number of carbonyl (C=O) groups excluding carboxylic acids is 2. The van der Waals surface area contributed by atoms with Crippen molar-refractivity contribution >= 4 is 57.9 Å². The van der Waals surface area contributed by atoms with Crippen LogP contribution in [0.4, 0.5) is 53.8 Å². The average Bonchev–Trinajstić information content (AvgIpc) is 3.49. The van der Waals surface area contributed by atoms with Crippen LogP contribution in [0.5, 0.6) is 5.88 Å². The number of amides is 2. The lowest BCUT2D eigenvalue weighted by Gasteiger charge is -2.20. The first-order valence-electron chi connectivity index (χ1n) is 23.5. The third kappa shape index (κ3) is 21.3. The molecule has 0 radical (unpaired) electrons. The molecule has 0 aliphatic heterocycles. The quantitative estimate of drug-likeness (QED) is 0.0494. The second kappa shape index (κ2) is 36.8. The maximum absolute atomic E-state index is 13.7. The summed E-state index contributed by atoms with van der Waals surface area (Å²) >= 11 is 0. The molecule has 8 aromatic rings. The Morgan fingerprint density at radius 2 is 0.936 bits per heavy atom. The number of nitrogens with one attached hydrogen (secondary N) is 2. The summed E-state index contributed by atoms with van der Waals surface area (Å²) in [5.41, 5.74) is 2.79. The van der Waals surface area contributed by atoms with Crippen molar-refractivity contribution in [2.75, 3.05) is 31.9 Å². The molecule has 4 heterocycles. The summed E-state index contributed by atoms with van der Waals surface area (Å²) in [7, 11) is 3.25. The summed E-state index contributed by atoms with van der Waals surface area (Å²) in [6, 6.07) is 39.4. The van der Waals surface area contributed by atoms with Crippen LogP contribution in [0.1, 0.15) is 52.7 Å². The summed E-state index contributed by atoms with van der Waals surface area (Å²) < 4.78 is 101. The smallest absolute Gasteiger partial charge is 0.417 e. The summed E-state index contributed by atoms with van der Waals surface area (Å²) in [5, 5.41) is 12.2. The largest absolute Gasteiger partial charge is 0.481 e. The molecule has 0 aliphatic rings. The van der Waals surface area contributed by atoms with Crippen LogP contribution in [0, 0.1) is 0 Å². The third-order valence-corrected chi connectivity index (χ3v) is 8.93. The van der Waals surface area contributed by atoms with E-state index in [0.29, 0.717) is 28.6 Å². The zero-order valence-electron chi connectivity index (χ0n) is 44.6. The minimum Gasteiger partial charge on any atom is -0.481 e. The molecule has 2 amide bonds. The lowest BCUT2D eigenvalue weighted by molar-refractivity contribution is -0.137. The lowest BCUT2D eigenvalue weighted by atomic mass is 10.1. The fraction of sp³-hybridized carbons (Fsp3) is 0.193. The number of nitrogens with two attached hydrogens (primary N) is 1. The zero-order chi connectivity index (χ0) is 59.4. The SMILES string of the molecule is C=CC.C=CC.CC.CC.CN(F)C=O.CO.COc1cc(C(F)(F)F)c2c(=O)cc(Nc3ccccc3)n(-c3ccccc3)c2n1.NC=O.O=c1cc(Nc2ccccc2)n(-c2ccccc2)c2nccc(C(F)(F)F)c12. The standard InChI is InChI=1S/C22H16F3N3O2.C21H14F3N3O.2C3H6.C2H4FNO.2C2H6.CH3NO.CH4O/c1-30-19-12-16(22(23,24)25)20-17(29)13-18(26-14-8-4-2-5-9-14)28(21(20)27-19)15-10-6-3-7-11-15;22-21(23,24)16-11-12-25-20-19(16)17(28)13-18(26-14-7-3-1-4-8-14)27(20)15-9-5-2-6-10-15;2*1-3-2;1-4(3)2-5;2*1-2;2-1-3;1-2/h2-13,26H,1H3;1-13,26H;2*3H,1H2,2H3;2H,1H3;2*1-2H3;1H,(H2,2,3);2H,1H3. The van der Waals surface area contributed by atoms with Gasteiger partial charge >= 0.3 is 12.4 Å². The molecule has 0 unspecified atom stereocenters. The van der Waals surface area contributed by atoms with Crippen LogP contribution in [-0.4, -0.2) is 63.4 Å². The number of nitrogens with zero attached hydrogens (tertiary/aromatic N) is 5. The lowest BCUT2D eigenvalue weighted by Crippen LogP contribution is -2.18. The van der Waals surface area contributed by atoms with Gasteiger partial charge in [0.1, 0.15) is 11.6 Å². The molecule has 14 nitrogen and oxygen atoms in total. The Morgan fingerprint density at radius 3 is 1.26 bits per heavy atom. The molecule has 5 N–H and O–H groups in total. The Kier molecular flexibility index (Phi) is 32.5. The Balaban J connectivity index is 0.00000114. The van der Waals surface area contributed by atoms with Crippen molar-refractivity contribution in [1.82, 2.24) is 24.2 Å². The van der Waals surface area contributed by atoms with Gasteiger partial charge in [0.25, 0.3) is 0 Å². The van der Waals surface area contributed by atoms with Crippen molar-refractivity contribution in [1.29, 1.82) is 0 Å². The highest BCUT2D eigenvalue weighted by Crippen LogP contribution is 2.37. The molecule has 8 rings (SSSR count). The van der Waals surface area contributed by atoms with Gasteiger partial charge in [-0.25, -0.2) is 4.98 Å². The van der Waals surface area contributed by atoms with E-state index in [1.54, 1.807) is 109 Å². The van der Waals surface area contributed by atoms with E-state index in [1.165, 1.54) is 22.3 Å². The molecule has 4 aromatic heterocycles. The Bertz CT molecular complexity index is 3110. The summed E-state index contributed by atoms with van der Waals surface area (Å²) in [5.74, 6) is 0.358. The molecular weight excluding hydrogens is 1030 g/mol. The number of hydrogen-bond acceptors (Lipinski definition) is 10. The molecular formula is C57H65F7N8O6. The van der Waals surface area contributed by atoms with Gasteiger partial charge in [-0.15, -0.1) is 13.2 Å². The summed E-state index contributed by atoms with van der Waals surface area (Å²) in [6.07, 6.45) is -4.52. The number of para-hydroxylation sites is 4. The number of alkyl halides is 6. The second-order valence-electron chi connectivity index (χ2n) is 14.2. The first kappa shape index (κ1) is 68.9. The minimum atomic E-state index is -4.75. The molecule has 21 heteroatoms. The van der Waals surface area contributed by atoms with Crippen LogP contribution in [0.25, 0.3) is 33.4 Å². The predicted octanol–water partition coefficient (Wildman–Crippen LogP) is 13.4. The van der Waals surface area contributed by atoms with E-state index in [-0.39, 0.29) is 40.9 Å². The van der Waals surface area contributed by atoms with Crippen molar-refractivity contribution in [3.05, 3.63) is 209 Å². The number of halogens is 7. The number of aliphatic hydroxyl groups excluding tert-OH is 1. The van der Waals surface area contributed by atoms with Gasteiger partial charge in [-0.05, 0) is 68.4 Å². The van der Waals surface area contributed by atoms with Gasteiger partial charge in [0.15, 0.2) is 22.2 Å². The van der Waals surface area contributed by atoms with E-state index in [0.717, 1.165) is 38.6 Å². The molecule has 4 aromatic carbocycles. The first-order chi connectivity index (χ1) is 37.3. The highest BCUT2D eigenvalue weighted by atomic mass is 19.4. The van der Waals surface area contributed by atoms with Gasteiger partial charge in [0.05, 0.1) is 29.0 Å². The summed E-state index contributed by atoms with van der Waals surface area (Å²) in [4.78, 5) is 51.4. The highest BCUT2D eigenvalue weighted by Gasteiger charge is 2.36. The van der Waals surface area contributed by atoms with Crippen molar-refractivity contribution in [3.8, 4) is 17.3 Å². The average molecular weight is 1090 g/mol. The normalized spacial score (nSPS) is 9.71. The predicted molar refractivity (Wildman–Crippen MR) is 298 cm³/mol. The molecule has 0 saturated heterocycles. The molecule has 78 heavy (non-hydrogen) atoms. The van der Waals surface area contributed by atoms with Crippen LogP contribution < -0.4 is 32.0 Å². The molecule has 0 atom stereocenters. The van der Waals surface area contributed by atoms with Crippen LogP contribution in [0.3, 0.4) is 0 Å². The van der Waals surface area contributed by atoms with Crippen molar-refractivity contribution in [2.24, 2.45) is 5.73 Å². The van der Waals surface area contributed by atoms with E-state index in [1.807, 2.05) is 65.8 Å². The maximum atomic E-state index is 13.7. The van der Waals surface area contributed by atoms with E-state index in [4.69, 9.17) is 19.4 Å². The third-order valence-electron chi connectivity index (χ3n) is 8.93. The number of pyridine rings is 4. The van der Waals surface area contributed by atoms with Crippen molar-refractivity contribution in [3.63, 3.8) is 0 Å². The monoisotopic (exact) mass is 1090 g/mol. The zero-order valence-corrected chi connectivity index (χ0v) is 44.6. The fourth-order valence-corrected chi connectivity index (χ4v) is 6.29. The molecule has 0 saturated carbocycles. The van der Waals surface area contributed by atoms with Gasteiger partial charge < -0.3 is 26.2 Å². The number of ether oxygens (including phenoxy) is 1. The van der Waals surface area contributed by atoms with Gasteiger partial charge in [0.2, 0.25) is 18.7 Å². The van der Waals surface area contributed by atoms with E-state index in [2.05, 4.69) is 39.5 Å². The number of hydrogen-bond donors (Lipinski definition) is 4. The molecule has 0 fully saturated rings. The van der Waals surface area contributed by atoms with E-state index >= 15 is 0 Å². The Labute approximate surface area is 448 Å². The number of allylic oxidation sites excluding steroid dienone is 2. The minimum absolute atomic E-state index is 0.0556. The van der Waals surface area contributed by atoms with E-state index in [9.17, 15) is 40.4 Å². The Hall–Kier alpha value is -9.11. The fourth-order valence-electron chi connectivity index (χ4n) is 6.29. The van der Waals surface area contributed by atoms with Crippen LogP contribution in [0.2, 0.25) is 0 Å². The number of aliphatic hydroxyl groups is 1. The number of anilines is 4. The Morgan fingerprint density at radius 1 is 0.615 bits per heavy atom. The van der Waals surface area contributed by atoms with Crippen LogP contribution in [0.15, 0.2) is 187 Å². The van der Waals surface area contributed by atoms with Crippen LogP contribution >= 0.6 is 0 Å². The van der Waals surface area contributed by atoms with Crippen molar-refractivity contribution in [2.45, 2.75) is 53.9 Å². The van der Waals surface area contributed by atoms with Gasteiger partial charge in [-0.2, -0.15) is 36.4 Å². The number of fused-ring (bicyclic) bond motifs is 2. The van der Waals surface area contributed by atoms with Gasteiger partial charge in [-0.3, -0.25) is 28.3 Å². The van der Waals surface area contributed by atoms with E-state index < -0.39 is 45.1 Å². The van der Waals surface area contributed by atoms with Gasteiger partial charge in [-0.1, -0.05) is 117 Å². The summed E-state index contributed by atoms with van der Waals surface area (Å²) in [6.45, 7) is 18.5. The van der Waals surface area contributed by atoms with Gasteiger partial charge in [0, 0.05) is 61.3 Å². The number of carbonyl (C=O) groups is 2. The highest BCUT2D eigenvalue weighted by molar-refractivity contribution is 5.86. The maximum Gasteiger partial charge on any atom is 0.417 e. The molecule has 0 bridgehead atoms. The molecule has 418 valence electrons. The molecule has 0 aliphatic carbocycles.